The second kappa shape index (κ2) is 2.20. The summed E-state index contributed by atoms with van der Waals surface area (Å²) in [7, 11) is 0. The summed E-state index contributed by atoms with van der Waals surface area (Å²) in [5.41, 5.74) is 1.32. The topological polar surface area (TPSA) is 17.1 Å². The van der Waals surface area contributed by atoms with Crippen molar-refractivity contribution >= 4 is 5.78 Å². The number of fused-ring (bicyclic) bond motifs is 1. The molecule has 0 heterocycles. The molecule has 0 radical (unpaired) electrons. The molecule has 0 aromatic rings. The molecule has 0 aromatic heterocycles. The molecule has 0 unspecified atom stereocenters. The van der Waals surface area contributed by atoms with E-state index in [1.54, 1.807) is 0 Å². The van der Waals surface area contributed by atoms with E-state index in [2.05, 4.69) is 19.9 Å². The SMILES string of the molecule is CC1=CC[C@H]2[C@@H]1C(=O)C[C@H]2C. The van der Waals surface area contributed by atoms with E-state index in [1.807, 2.05) is 0 Å². The smallest absolute Gasteiger partial charge is 0.140 e. The predicted octanol–water partition coefficient (Wildman–Crippen LogP) is 2.18. The molecular formula is C10H14O. The maximum atomic E-state index is 11.4. The number of ketones is 1. The Bertz CT molecular complexity index is 227. The molecule has 0 aromatic carbocycles. The van der Waals surface area contributed by atoms with Gasteiger partial charge < -0.3 is 0 Å². The highest BCUT2D eigenvalue weighted by Gasteiger charge is 2.42. The van der Waals surface area contributed by atoms with Gasteiger partial charge in [0.05, 0.1) is 0 Å². The summed E-state index contributed by atoms with van der Waals surface area (Å²) in [5.74, 6) is 2.07. The van der Waals surface area contributed by atoms with Crippen LogP contribution in [-0.2, 0) is 4.79 Å². The average Bonchev–Trinajstić information content (AvgIpc) is 2.41. The van der Waals surface area contributed by atoms with Crippen LogP contribution in [0.4, 0.5) is 0 Å². The lowest BCUT2D eigenvalue weighted by molar-refractivity contribution is -0.120. The Morgan fingerprint density at radius 2 is 2.27 bits per heavy atom. The van der Waals surface area contributed by atoms with Gasteiger partial charge >= 0.3 is 0 Å². The average molecular weight is 150 g/mol. The highest BCUT2D eigenvalue weighted by molar-refractivity contribution is 5.87. The van der Waals surface area contributed by atoms with Crippen LogP contribution < -0.4 is 0 Å². The van der Waals surface area contributed by atoms with Gasteiger partial charge in [-0.1, -0.05) is 18.6 Å². The Labute approximate surface area is 67.5 Å². The van der Waals surface area contributed by atoms with Crippen LogP contribution in [0.25, 0.3) is 0 Å². The van der Waals surface area contributed by atoms with Gasteiger partial charge in [0.1, 0.15) is 5.78 Å². The van der Waals surface area contributed by atoms with Crippen molar-refractivity contribution in [3.63, 3.8) is 0 Å². The molecule has 0 N–H and O–H groups in total. The van der Waals surface area contributed by atoms with Crippen LogP contribution in [0.1, 0.15) is 26.7 Å². The van der Waals surface area contributed by atoms with Crippen molar-refractivity contribution in [2.75, 3.05) is 0 Å². The lowest BCUT2D eigenvalue weighted by Gasteiger charge is -2.12. The lowest BCUT2D eigenvalue weighted by Crippen LogP contribution is -2.11. The molecule has 2 rings (SSSR count). The van der Waals surface area contributed by atoms with Crippen molar-refractivity contribution in [2.24, 2.45) is 17.8 Å². The van der Waals surface area contributed by atoms with Crippen molar-refractivity contribution in [1.82, 2.24) is 0 Å². The van der Waals surface area contributed by atoms with Gasteiger partial charge in [0, 0.05) is 12.3 Å². The predicted molar refractivity (Wildman–Crippen MR) is 44.1 cm³/mol. The summed E-state index contributed by atoms with van der Waals surface area (Å²) in [6, 6.07) is 0. The van der Waals surface area contributed by atoms with Crippen LogP contribution >= 0.6 is 0 Å². The normalized spacial score (nSPS) is 42.5. The Morgan fingerprint density at radius 1 is 1.55 bits per heavy atom. The molecule has 2 aliphatic rings. The van der Waals surface area contributed by atoms with E-state index in [-0.39, 0.29) is 0 Å². The molecule has 0 bridgehead atoms. The largest absolute Gasteiger partial charge is 0.299 e. The molecule has 11 heavy (non-hydrogen) atoms. The molecule has 1 fully saturated rings. The number of carbonyl (C=O) groups excluding carboxylic acids is 1. The van der Waals surface area contributed by atoms with Crippen LogP contribution in [-0.4, -0.2) is 5.78 Å². The van der Waals surface area contributed by atoms with E-state index >= 15 is 0 Å². The summed E-state index contributed by atoms with van der Waals surface area (Å²) >= 11 is 0. The zero-order valence-electron chi connectivity index (χ0n) is 7.13. The van der Waals surface area contributed by atoms with Crippen molar-refractivity contribution < 1.29 is 4.79 Å². The molecule has 0 spiro atoms. The first-order chi connectivity index (χ1) is 5.20. The monoisotopic (exact) mass is 150 g/mol. The van der Waals surface area contributed by atoms with Crippen LogP contribution in [0.5, 0.6) is 0 Å². The van der Waals surface area contributed by atoms with E-state index in [0.717, 1.165) is 12.8 Å². The molecular weight excluding hydrogens is 136 g/mol. The number of carbonyl (C=O) groups is 1. The molecule has 0 amide bonds. The maximum Gasteiger partial charge on any atom is 0.140 e. The molecule has 2 aliphatic carbocycles. The Kier molecular flexibility index (Phi) is 1.41. The Balaban J connectivity index is 2.28. The summed E-state index contributed by atoms with van der Waals surface area (Å²) in [5, 5.41) is 0. The van der Waals surface area contributed by atoms with Crippen LogP contribution in [0.3, 0.4) is 0 Å². The molecule has 1 saturated carbocycles. The lowest BCUT2D eigenvalue weighted by atomic mass is 9.90. The van der Waals surface area contributed by atoms with Crippen molar-refractivity contribution in [3.05, 3.63) is 11.6 Å². The second-order valence-corrected chi connectivity index (χ2v) is 3.97. The third kappa shape index (κ3) is 0.867. The van der Waals surface area contributed by atoms with Gasteiger partial charge in [0.25, 0.3) is 0 Å². The van der Waals surface area contributed by atoms with E-state index in [1.165, 1.54) is 5.57 Å². The standard InChI is InChI=1S/C10H14O/c1-6-3-4-8-7(2)5-9(11)10(6)8/h3,7-8,10H,4-5H2,1-2H3/t7-,8-,10-/m1/s1. The summed E-state index contributed by atoms with van der Waals surface area (Å²) < 4.78 is 0. The summed E-state index contributed by atoms with van der Waals surface area (Å²) in [4.78, 5) is 11.4. The second-order valence-electron chi connectivity index (χ2n) is 3.97. The van der Waals surface area contributed by atoms with Gasteiger partial charge in [0.2, 0.25) is 0 Å². The van der Waals surface area contributed by atoms with Crippen LogP contribution in [0, 0.1) is 17.8 Å². The van der Waals surface area contributed by atoms with Crippen molar-refractivity contribution in [2.45, 2.75) is 26.7 Å². The first kappa shape index (κ1) is 7.08. The molecule has 3 atom stereocenters. The van der Waals surface area contributed by atoms with Gasteiger partial charge in [-0.3, -0.25) is 4.79 Å². The fourth-order valence-electron chi connectivity index (χ4n) is 2.57. The summed E-state index contributed by atoms with van der Waals surface area (Å²) in [6.07, 6.45) is 4.20. The number of rotatable bonds is 0. The van der Waals surface area contributed by atoms with Gasteiger partial charge in [-0.05, 0) is 25.2 Å². The minimum atomic E-state index is 0.310. The van der Waals surface area contributed by atoms with Crippen LogP contribution in [0.2, 0.25) is 0 Å². The molecule has 1 nitrogen and oxygen atoms in total. The van der Waals surface area contributed by atoms with Gasteiger partial charge in [0.15, 0.2) is 0 Å². The minimum Gasteiger partial charge on any atom is -0.299 e. The quantitative estimate of drug-likeness (QED) is 0.484. The number of hydrogen-bond acceptors (Lipinski definition) is 1. The highest BCUT2D eigenvalue weighted by atomic mass is 16.1. The third-order valence-corrected chi connectivity index (χ3v) is 3.23. The van der Waals surface area contributed by atoms with E-state index < -0.39 is 0 Å². The van der Waals surface area contributed by atoms with Gasteiger partial charge in [-0.15, -0.1) is 0 Å². The first-order valence-corrected chi connectivity index (χ1v) is 4.39. The third-order valence-electron chi connectivity index (χ3n) is 3.23. The van der Waals surface area contributed by atoms with Crippen molar-refractivity contribution in [1.29, 1.82) is 0 Å². The molecule has 60 valence electrons. The highest BCUT2D eigenvalue weighted by Crippen LogP contribution is 2.44. The van der Waals surface area contributed by atoms with Gasteiger partial charge in [-0.25, -0.2) is 0 Å². The van der Waals surface area contributed by atoms with Crippen LogP contribution in [0.15, 0.2) is 11.6 Å². The Hall–Kier alpha value is -0.590. The molecule has 0 saturated heterocycles. The zero-order chi connectivity index (χ0) is 8.01. The van der Waals surface area contributed by atoms with Gasteiger partial charge in [-0.2, -0.15) is 0 Å². The maximum absolute atomic E-state index is 11.4. The fourth-order valence-corrected chi connectivity index (χ4v) is 2.57. The van der Waals surface area contributed by atoms with Crippen molar-refractivity contribution in [3.8, 4) is 0 Å². The number of allylic oxidation sites excluding steroid dienone is 2. The summed E-state index contributed by atoms with van der Waals surface area (Å²) in [6.45, 7) is 4.30. The van der Waals surface area contributed by atoms with E-state index in [9.17, 15) is 4.79 Å². The Morgan fingerprint density at radius 3 is 2.91 bits per heavy atom. The van der Waals surface area contributed by atoms with E-state index in [0.29, 0.717) is 23.5 Å². The first-order valence-electron chi connectivity index (χ1n) is 4.39. The molecule has 0 aliphatic heterocycles. The number of Topliss-reactive ketones (excluding diaryl/α,β-unsaturated/α-hetero) is 1. The van der Waals surface area contributed by atoms with E-state index in [4.69, 9.17) is 0 Å². The molecule has 1 heteroatoms. The zero-order valence-corrected chi connectivity index (χ0v) is 7.13. The fraction of sp³-hybridized carbons (Fsp3) is 0.700. The minimum absolute atomic E-state index is 0.310. The number of hydrogen-bond donors (Lipinski definition) is 0.